The molecule has 0 bridgehead atoms. The van der Waals surface area contributed by atoms with E-state index in [2.05, 4.69) is 11.0 Å². The number of rotatable bonds is 0. The second kappa shape index (κ2) is 2.31. The Balaban J connectivity index is 2.40. The zero-order valence-corrected chi connectivity index (χ0v) is 6.20. The van der Waals surface area contributed by atoms with Crippen LogP contribution in [-0.2, 0) is 0 Å². The second-order valence-electron chi connectivity index (χ2n) is 2.60. The molecule has 0 saturated carbocycles. The lowest BCUT2D eigenvalue weighted by molar-refractivity contribution is 0.513. The van der Waals surface area contributed by atoms with E-state index in [1.807, 2.05) is 30.5 Å². The van der Waals surface area contributed by atoms with E-state index in [1.54, 1.807) is 0 Å². The first-order valence-electron chi connectivity index (χ1n) is 3.66. The van der Waals surface area contributed by atoms with E-state index in [9.17, 15) is 0 Å². The van der Waals surface area contributed by atoms with E-state index < -0.39 is 0 Å². The molecule has 0 aromatic rings. The van der Waals surface area contributed by atoms with Crippen LogP contribution >= 0.6 is 0 Å². The van der Waals surface area contributed by atoms with E-state index in [4.69, 9.17) is 5.73 Å². The number of hydrogen-bond acceptors (Lipinski definition) is 2. The van der Waals surface area contributed by atoms with Crippen LogP contribution in [0.15, 0.2) is 48.0 Å². The highest BCUT2D eigenvalue weighted by Crippen LogP contribution is 2.18. The minimum Gasteiger partial charge on any atom is -0.397 e. The van der Waals surface area contributed by atoms with Crippen molar-refractivity contribution in [2.45, 2.75) is 0 Å². The molecule has 0 unspecified atom stereocenters. The van der Waals surface area contributed by atoms with Gasteiger partial charge < -0.3 is 10.6 Å². The zero-order chi connectivity index (χ0) is 7.68. The van der Waals surface area contributed by atoms with E-state index >= 15 is 0 Å². The van der Waals surface area contributed by atoms with Gasteiger partial charge in [-0.25, -0.2) is 0 Å². The van der Waals surface area contributed by atoms with E-state index in [0.717, 1.165) is 17.9 Å². The lowest BCUT2D eigenvalue weighted by atomic mass is 10.1. The van der Waals surface area contributed by atoms with E-state index in [0.29, 0.717) is 0 Å². The van der Waals surface area contributed by atoms with Crippen LogP contribution in [-0.4, -0.2) is 11.4 Å². The van der Waals surface area contributed by atoms with Crippen LogP contribution in [0.5, 0.6) is 0 Å². The maximum absolute atomic E-state index is 5.76. The van der Waals surface area contributed by atoms with Crippen molar-refractivity contribution in [1.29, 1.82) is 0 Å². The Kier molecular flexibility index (Phi) is 1.32. The molecule has 2 nitrogen and oxygen atoms in total. The zero-order valence-electron chi connectivity index (χ0n) is 6.20. The van der Waals surface area contributed by atoms with Gasteiger partial charge in [0.25, 0.3) is 0 Å². The predicted octanol–water partition coefficient (Wildman–Crippen LogP) is 1.11. The van der Waals surface area contributed by atoms with Crippen molar-refractivity contribution in [3.8, 4) is 0 Å². The summed E-state index contributed by atoms with van der Waals surface area (Å²) >= 11 is 0. The molecule has 0 atom stereocenters. The van der Waals surface area contributed by atoms with E-state index in [-0.39, 0.29) is 0 Å². The third-order valence-electron chi connectivity index (χ3n) is 1.84. The lowest BCUT2D eigenvalue weighted by Gasteiger charge is -2.26. The largest absolute Gasteiger partial charge is 0.397 e. The fraction of sp³-hybridized carbons (Fsp3) is 0.111. The molecule has 2 aliphatic rings. The standard InChI is InChI=1S/C9H10N2/c10-8-4-3-7-11-6-2-1-5-9(8)11/h1-5,7H,6,10H2. The number of fused-ring (bicyclic) bond motifs is 1. The molecule has 0 spiro atoms. The molecule has 2 heteroatoms. The Morgan fingerprint density at radius 1 is 1.27 bits per heavy atom. The summed E-state index contributed by atoms with van der Waals surface area (Å²) < 4.78 is 0. The summed E-state index contributed by atoms with van der Waals surface area (Å²) in [5.74, 6) is 0. The van der Waals surface area contributed by atoms with Crippen LogP contribution in [0.25, 0.3) is 0 Å². The highest BCUT2D eigenvalue weighted by molar-refractivity contribution is 5.39. The van der Waals surface area contributed by atoms with Crippen molar-refractivity contribution in [3.63, 3.8) is 0 Å². The molecule has 0 fully saturated rings. The molecule has 2 rings (SSSR count). The van der Waals surface area contributed by atoms with Crippen molar-refractivity contribution in [3.05, 3.63) is 48.0 Å². The summed E-state index contributed by atoms with van der Waals surface area (Å²) in [6.07, 6.45) is 12.1. The molecule has 0 radical (unpaired) electrons. The number of hydrogen-bond donors (Lipinski definition) is 1. The third kappa shape index (κ3) is 0.963. The van der Waals surface area contributed by atoms with Crippen LogP contribution in [0.2, 0.25) is 0 Å². The predicted molar refractivity (Wildman–Crippen MR) is 45.3 cm³/mol. The summed E-state index contributed by atoms with van der Waals surface area (Å²) in [6, 6.07) is 0. The fourth-order valence-electron chi connectivity index (χ4n) is 1.27. The van der Waals surface area contributed by atoms with Crippen LogP contribution in [0.1, 0.15) is 0 Å². The monoisotopic (exact) mass is 146 g/mol. The molecular weight excluding hydrogens is 136 g/mol. The van der Waals surface area contributed by atoms with Gasteiger partial charge >= 0.3 is 0 Å². The first-order valence-corrected chi connectivity index (χ1v) is 3.66. The van der Waals surface area contributed by atoms with Crippen molar-refractivity contribution >= 4 is 0 Å². The third-order valence-corrected chi connectivity index (χ3v) is 1.84. The van der Waals surface area contributed by atoms with Crippen LogP contribution in [0.3, 0.4) is 0 Å². The van der Waals surface area contributed by atoms with Gasteiger partial charge in [-0.15, -0.1) is 0 Å². The molecule has 0 aliphatic carbocycles. The molecule has 2 aliphatic heterocycles. The van der Waals surface area contributed by atoms with Gasteiger partial charge in [-0.3, -0.25) is 0 Å². The average molecular weight is 146 g/mol. The highest BCUT2D eigenvalue weighted by atomic mass is 15.1. The summed E-state index contributed by atoms with van der Waals surface area (Å²) in [6.45, 7) is 0.927. The maximum Gasteiger partial charge on any atom is 0.0642 e. The maximum atomic E-state index is 5.76. The molecule has 56 valence electrons. The minimum atomic E-state index is 0.844. The molecule has 2 N–H and O–H groups in total. The minimum absolute atomic E-state index is 0.844. The number of nitrogens with two attached hydrogens (primary N) is 1. The fourth-order valence-corrected chi connectivity index (χ4v) is 1.27. The van der Waals surface area contributed by atoms with Gasteiger partial charge in [0.1, 0.15) is 0 Å². The topological polar surface area (TPSA) is 29.3 Å². The van der Waals surface area contributed by atoms with Gasteiger partial charge in [-0.1, -0.05) is 12.2 Å². The van der Waals surface area contributed by atoms with Gasteiger partial charge in [-0.05, 0) is 18.2 Å². The average Bonchev–Trinajstić information content (AvgIpc) is 2.06. The van der Waals surface area contributed by atoms with Crippen molar-refractivity contribution in [2.75, 3.05) is 6.54 Å². The van der Waals surface area contributed by atoms with Crippen molar-refractivity contribution in [1.82, 2.24) is 4.90 Å². The van der Waals surface area contributed by atoms with Gasteiger partial charge in [-0.2, -0.15) is 0 Å². The van der Waals surface area contributed by atoms with Gasteiger partial charge in [0.2, 0.25) is 0 Å². The van der Waals surface area contributed by atoms with Crippen LogP contribution in [0, 0.1) is 0 Å². The number of allylic oxidation sites excluding steroid dienone is 4. The van der Waals surface area contributed by atoms with Crippen molar-refractivity contribution < 1.29 is 0 Å². The Morgan fingerprint density at radius 2 is 2.18 bits per heavy atom. The molecule has 0 saturated heterocycles. The van der Waals surface area contributed by atoms with Gasteiger partial charge in [0.15, 0.2) is 0 Å². The normalized spacial score (nSPS) is 20.9. The summed E-state index contributed by atoms with van der Waals surface area (Å²) in [5, 5.41) is 0. The van der Waals surface area contributed by atoms with Crippen LogP contribution in [0.4, 0.5) is 0 Å². The summed E-state index contributed by atoms with van der Waals surface area (Å²) in [7, 11) is 0. The van der Waals surface area contributed by atoms with Crippen molar-refractivity contribution in [2.24, 2.45) is 5.73 Å². The van der Waals surface area contributed by atoms with Gasteiger partial charge in [0, 0.05) is 12.7 Å². The summed E-state index contributed by atoms with van der Waals surface area (Å²) in [4.78, 5) is 2.12. The molecule has 2 heterocycles. The quantitative estimate of drug-likeness (QED) is 0.554. The van der Waals surface area contributed by atoms with Gasteiger partial charge in [0.05, 0.1) is 11.4 Å². The smallest absolute Gasteiger partial charge is 0.0642 e. The molecule has 11 heavy (non-hydrogen) atoms. The Morgan fingerprint density at radius 3 is 3.00 bits per heavy atom. The first-order chi connectivity index (χ1) is 5.38. The Hall–Kier alpha value is -1.44. The number of nitrogens with zero attached hydrogens (tertiary/aromatic N) is 1. The molecule has 0 aromatic carbocycles. The molecular formula is C9H10N2. The Bertz CT molecular complexity index is 282. The second-order valence-corrected chi connectivity index (χ2v) is 2.60. The molecule has 0 aromatic heterocycles. The first kappa shape index (κ1) is 6.28. The highest BCUT2D eigenvalue weighted by Gasteiger charge is 2.11. The summed E-state index contributed by atoms with van der Waals surface area (Å²) in [5.41, 5.74) is 7.71. The van der Waals surface area contributed by atoms with E-state index in [1.165, 1.54) is 0 Å². The van der Waals surface area contributed by atoms with Crippen LogP contribution < -0.4 is 5.73 Å². The SMILES string of the molecule is NC1=CC=CN2CC=CC=C12. The lowest BCUT2D eigenvalue weighted by Crippen LogP contribution is -2.24. The Labute approximate surface area is 66.0 Å². The molecule has 0 amide bonds.